The summed E-state index contributed by atoms with van der Waals surface area (Å²) in [6.45, 7) is 2.55. The molecule has 0 aliphatic rings. The predicted octanol–water partition coefficient (Wildman–Crippen LogP) is 3.84. The number of esters is 1. The zero-order chi connectivity index (χ0) is 17.6. The van der Waals surface area contributed by atoms with E-state index in [4.69, 9.17) is 9.47 Å². The maximum absolute atomic E-state index is 12.2. The number of aryl methyl sites for hydroxylation is 1. The van der Waals surface area contributed by atoms with Crippen LogP contribution in [0.2, 0.25) is 0 Å². The molecule has 0 fully saturated rings. The molecule has 0 aliphatic heterocycles. The van der Waals surface area contributed by atoms with E-state index in [2.05, 4.69) is 5.10 Å². The van der Waals surface area contributed by atoms with Gasteiger partial charge in [-0.2, -0.15) is 5.10 Å². The molecule has 1 heterocycles. The highest BCUT2D eigenvalue weighted by molar-refractivity contribution is 5.96. The van der Waals surface area contributed by atoms with E-state index in [1.165, 1.54) is 6.20 Å². The van der Waals surface area contributed by atoms with Gasteiger partial charge in [-0.25, -0.2) is 4.79 Å². The number of nitrogens with zero attached hydrogens (tertiary/aromatic N) is 2. The summed E-state index contributed by atoms with van der Waals surface area (Å²) in [4.78, 5) is 12.2. The van der Waals surface area contributed by atoms with E-state index in [-0.39, 0.29) is 5.97 Å². The van der Waals surface area contributed by atoms with Crippen molar-refractivity contribution in [2.45, 2.75) is 13.5 Å². The maximum Gasteiger partial charge on any atom is 0.341 e. The van der Waals surface area contributed by atoms with Crippen molar-refractivity contribution in [3.8, 4) is 17.0 Å². The fourth-order valence-corrected chi connectivity index (χ4v) is 2.64. The third-order valence-corrected chi connectivity index (χ3v) is 3.81. The Hall–Kier alpha value is -3.08. The standard InChI is InChI=1S/C20H20N2O3/c1-3-24-20(23)17-13-21-22(2)19(17)16-11-7-8-12-18(16)25-14-15-9-5-4-6-10-15/h4-13H,3,14H2,1-2H3. The fraction of sp³-hybridized carbons (Fsp3) is 0.200. The Kier molecular flexibility index (Phi) is 5.14. The van der Waals surface area contributed by atoms with Crippen molar-refractivity contribution in [1.29, 1.82) is 0 Å². The van der Waals surface area contributed by atoms with Crippen LogP contribution in [-0.4, -0.2) is 22.4 Å². The Balaban J connectivity index is 1.93. The van der Waals surface area contributed by atoms with Crippen LogP contribution >= 0.6 is 0 Å². The average molecular weight is 336 g/mol. The Morgan fingerprint density at radius 3 is 2.56 bits per heavy atom. The number of aromatic nitrogens is 2. The minimum Gasteiger partial charge on any atom is -0.488 e. The minimum atomic E-state index is -0.386. The number of hydrogen-bond donors (Lipinski definition) is 0. The first-order chi connectivity index (χ1) is 12.2. The van der Waals surface area contributed by atoms with E-state index in [1.807, 2.05) is 54.6 Å². The summed E-state index contributed by atoms with van der Waals surface area (Å²) in [5.41, 5.74) is 3.00. The van der Waals surface area contributed by atoms with Crippen LogP contribution in [0.3, 0.4) is 0 Å². The van der Waals surface area contributed by atoms with Gasteiger partial charge in [0.1, 0.15) is 17.9 Å². The van der Waals surface area contributed by atoms with Gasteiger partial charge in [0, 0.05) is 12.6 Å². The first-order valence-electron chi connectivity index (χ1n) is 8.16. The molecule has 3 rings (SSSR count). The van der Waals surface area contributed by atoms with Crippen LogP contribution in [0.15, 0.2) is 60.8 Å². The van der Waals surface area contributed by atoms with Gasteiger partial charge in [-0.3, -0.25) is 4.68 Å². The van der Waals surface area contributed by atoms with Crippen molar-refractivity contribution >= 4 is 5.97 Å². The minimum absolute atomic E-state index is 0.319. The zero-order valence-corrected chi connectivity index (χ0v) is 14.3. The van der Waals surface area contributed by atoms with E-state index in [0.29, 0.717) is 30.2 Å². The number of carbonyl (C=O) groups is 1. The number of rotatable bonds is 6. The van der Waals surface area contributed by atoms with Crippen molar-refractivity contribution in [1.82, 2.24) is 9.78 Å². The van der Waals surface area contributed by atoms with E-state index < -0.39 is 0 Å². The average Bonchev–Trinajstić information content (AvgIpc) is 3.03. The predicted molar refractivity (Wildman–Crippen MR) is 95.4 cm³/mol. The van der Waals surface area contributed by atoms with Gasteiger partial charge in [0.25, 0.3) is 0 Å². The molecule has 5 nitrogen and oxygen atoms in total. The second kappa shape index (κ2) is 7.66. The number of benzene rings is 2. The van der Waals surface area contributed by atoms with Crippen LogP contribution in [0.4, 0.5) is 0 Å². The summed E-state index contributed by atoms with van der Waals surface area (Å²) in [6, 6.07) is 17.6. The van der Waals surface area contributed by atoms with Crippen LogP contribution in [0, 0.1) is 0 Å². The van der Waals surface area contributed by atoms with E-state index in [0.717, 1.165) is 11.1 Å². The largest absolute Gasteiger partial charge is 0.488 e. The summed E-state index contributed by atoms with van der Waals surface area (Å²) in [6.07, 6.45) is 1.53. The summed E-state index contributed by atoms with van der Waals surface area (Å²) in [5, 5.41) is 4.22. The lowest BCUT2D eigenvalue weighted by Gasteiger charge is -2.13. The van der Waals surface area contributed by atoms with Gasteiger partial charge in [-0.1, -0.05) is 42.5 Å². The molecule has 3 aromatic rings. The first-order valence-corrected chi connectivity index (χ1v) is 8.16. The van der Waals surface area contributed by atoms with Gasteiger partial charge >= 0.3 is 5.97 Å². The molecule has 0 amide bonds. The Bertz CT molecular complexity index is 856. The van der Waals surface area contributed by atoms with Gasteiger partial charge in [-0.05, 0) is 24.6 Å². The first kappa shape index (κ1) is 16.8. The molecule has 0 aliphatic carbocycles. The normalized spacial score (nSPS) is 10.5. The second-order valence-corrected chi connectivity index (χ2v) is 5.52. The summed E-state index contributed by atoms with van der Waals surface area (Å²) < 4.78 is 12.8. The molecule has 0 unspecified atom stereocenters. The zero-order valence-electron chi connectivity index (χ0n) is 14.3. The molecule has 5 heteroatoms. The second-order valence-electron chi connectivity index (χ2n) is 5.52. The molecular weight excluding hydrogens is 316 g/mol. The van der Waals surface area contributed by atoms with Crippen molar-refractivity contribution in [2.24, 2.45) is 7.05 Å². The molecule has 0 N–H and O–H groups in total. The van der Waals surface area contributed by atoms with Gasteiger partial charge in [0.15, 0.2) is 0 Å². The number of hydrogen-bond acceptors (Lipinski definition) is 4. The molecule has 1 aromatic heterocycles. The monoisotopic (exact) mass is 336 g/mol. The number of ether oxygens (including phenoxy) is 2. The summed E-state index contributed by atoms with van der Waals surface area (Å²) in [5.74, 6) is 0.309. The Morgan fingerprint density at radius 1 is 1.08 bits per heavy atom. The van der Waals surface area contributed by atoms with Gasteiger partial charge < -0.3 is 9.47 Å². The van der Waals surface area contributed by atoms with Crippen LogP contribution in [-0.2, 0) is 18.4 Å². The van der Waals surface area contributed by atoms with E-state index in [9.17, 15) is 4.79 Å². The van der Waals surface area contributed by atoms with E-state index >= 15 is 0 Å². The Morgan fingerprint density at radius 2 is 1.80 bits per heavy atom. The molecule has 0 saturated heterocycles. The third-order valence-electron chi connectivity index (χ3n) is 3.81. The summed E-state index contributed by atoms with van der Waals surface area (Å²) >= 11 is 0. The van der Waals surface area contributed by atoms with Gasteiger partial charge in [0.2, 0.25) is 0 Å². The molecule has 0 spiro atoms. The third kappa shape index (κ3) is 3.71. The SMILES string of the molecule is CCOC(=O)c1cnn(C)c1-c1ccccc1OCc1ccccc1. The van der Waals surface area contributed by atoms with Crippen molar-refractivity contribution in [3.05, 3.63) is 71.9 Å². The van der Waals surface area contributed by atoms with Crippen molar-refractivity contribution in [2.75, 3.05) is 6.61 Å². The summed E-state index contributed by atoms with van der Waals surface area (Å²) in [7, 11) is 1.80. The highest BCUT2D eigenvalue weighted by Gasteiger charge is 2.21. The van der Waals surface area contributed by atoms with Crippen LogP contribution < -0.4 is 4.74 Å². The van der Waals surface area contributed by atoms with Crippen LogP contribution in [0.5, 0.6) is 5.75 Å². The lowest BCUT2D eigenvalue weighted by Crippen LogP contribution is -2.07. The molecular formula is C20H20N2O3. The highest BCUT2D eigenvalue weighted by atomic mass is 16.5. The molecule has 25 heavy (non-hydrogen) atoms. The molecule has 0 atom stereocenters. The maximum atomic E-state index is 12.2. The molecule has 0 bridgehead atoms. The Labute approximate surface area is 146 Å². The van der Waals surface area contributed by atoms with Crippen molar-refractivity contribution in [3.63, 3.8) is 0 Å². The van der Waals surface area contributed by atoms with Crippen LogP contribution in [0.1, 0.15) is 22.8 Å². The fourth-order valence-electron chi connectivity index (χ4n) is 2.64. The number of carbonyl (C=O) groups excluding carboxylic acids is 1. The lowest BCUT2D eigenvalue weighted by molar-refractivity contribution is 0.0527. The molecule has 2 aromatic carbocycles. The van der Waals surface area contributed by atoms with Gasteiger partial charge in [-0.15, -0.1) is 0 Å². The topological polar surface area (TPSA) is 53.3 Å². The molecule has 0 saturated carbocycles. The van der Waals surface area contributed by atoms with Crippen LogP contribution in [0.25, 0.3) is 11.3 Å². The lowest BCUT2D eigenvalue weighted by atomic mass is 10.1. The van der Waals surface area contributed by atoms with Crippen molar-refractivity contribution < 1.29 is 14.3 Å². The van der Waals surface area contributed by atoms with E-state index in [1.54, 1.807) is 18.7 Å². The molecule has 0 radical (unpaired) electrons. The molecule has 128 valence electrons. The number of para-hydroxylation sites is 1. The van der Waals surface area contributed by atoms with Gasteiger partial charge in [0.05, 0.1) is 18.5 Å². The highest BCUT2D eigenvalue weighted by Crippen LogP contribution is 2.32. The quantitative estimate of drug-likeness (QED) is 0.642. The smallest absolute Gasteiger partial charge is 0.341 e.